The van der Waals surface area contributed by atoms with Gasteiger partial charge in [-0.1, -0.05) is 17.7 Å². The van der Waals surface area contributed by atoms with E-state index in [1.807, 2.05) is 0 Å². The van der Waals surface area contributed by atoms with Crippen LogP contribution < -0.4 is 10.6 Å². The quantitative estimate of drug-likeness (QED) is 0.650. The maximum Gasteiger partial charge on any atom is 0.435 e. The van der Waals surface area contributed by atoms with Crippen molar-refractivity contribution in [1.29, 1.82) is 0 Å². The summed E-state index contributed by atoms with van der Waals surface area (Å²) in [6.45, 7) is 1.98. The summed E-state index contributed by atoms with van der Waals surface area (Å²) < 4.78 is 52.3. The fourth-order valence-electron chi connectivity index (χ4n) is 2.93. The summed E-state index contributed by atoms with van der Waals surface area (Å²) in [6.07, 6.45) is -4.69. The molecule has 0 unspecified atom stereocenters. The van der Waals surface area contributed by atoms with Gasteiger partial charge in [-0.05, 0) is 30.7 Å². The zero-order valence-electron chi connectivity index (χ0n) is 15.0. The molecular weight excluding hydrogens is 418 g/mol. The Labute approximate surface area is 167 Å². The normalized spacial score (nSPS) is 18.3. The van der Waals surface area contributed by atoms with Gasteiger partial charge in [0.25, 0.3) is 0 Å². The Kier molecular flexibility index (Phi) is 5.69. The molecule has 3 amide bonds. The number of nitrogens with one attached hydrogen (secondary N) is 3. The van der Waals surface area contributed by atoms with E-state index in [2.05, 4.69) is 20.8 Å². The minimum atomic E-state index is -4.69. The van der Waals surface area contributed by atoms with Crippen LogP contribution >= 0.6 is 11.6 Å². The highest BCUT2D eigenvalue weighted by Gasteiger charge is 2.36. The van der Waals surface area contributed by atoms with E-state index in [-0.39, 0.29) is 35.3 Å². The van der Waals surface area contributed by atoms with Gasteiger partial charge in [0.05, 0.1) is 16.8 Å². The Balaban J connectivity index is 1.94. The Morgan fingerprint density at radius 2 is 2.10 bits per heavy atom. The van der Waals surface area contributed by atoms with Crippen LogP contribution in [-0.2, 0) is 11.0 Å². The molecule has 0 radical (unpaired) electrons. The van der Waals surface area contributed by atoms with Gasteiger partial charge in [0.1, 0.15) is 11.9 Å². The van der Waals surface area contributed by atoms with Crippen molar-refractivity contribution in [3.05, 3.63) is 52.1 Å². The highest BCUT2D eigenvalue weighted by molar-refractivity contribution is 6.30. The van der Waals surface area contributed by atoms with Crippen LogP contribution in [0.4, 0.5) is 22.4 Å². The second kappa shape index (κ2) is 7.90. The molecule has 1 fully saturated rings. The summed E-state index contributed by atoms with van der Waals surface area (Å²) in [5.41, 5.74) is -1.02. The predicted molar refractivity (Wildman–Crippen MR) is 94.6 cm³/mol. The minimum absolute atomic E-state index is 0.0811. The molecule has 0 aliphatic carbocycles. The third kappa shape index (κ3) is 4.44. The topological polar surface area (TPSA) is 90.1 Å². The van der Waals surface area contributed by atoms with Crippen molar-refractivity contribution in [1.82, 2.24) is 25.7 Å². The smallest absolute Gasteiger partial charge is 0.353 e. The van der Waals surface area contributed by atoms with Crippen molar-refractivity contribution >= 4 is 23.5 Å². The lowest BCUT2D eigenvalue weighted by Crippen LogP contribution is -2.58. The standard InChI is InChI=1S/C17H16ClF4N5O2/c1-8-15(28)23-4-5-27(8)16(29)24-14(9-2-3-11(19)10(18)6-9)12-7-13(26-25-12)17(20,21)22/h2-3,6-8,14H,4-5H2,1H3,(H,23,28)(H,24,29)(H,25,26)/t8-,14-/m1/s1. The lowest BCUT2D eigenvalue weighted by Gasteiger charge is -2.34. The highest BCUT2D eigenvalue weighted by Crippen LogP contribution is 2.31. The summed E-state index contributed by atoms with van der Waals surface area (Å²) in [5.74, 6) is -1.07. The molecular formula is C17H16ClF4N5O2. The van der Waals surface area contributed by atoms with Crippen LogP contribution in [0.15, 0.2) is 24.3 Å². The van der Waals surface area contributed by atoms with Crippen LogP contribution in [0.1, 0.15) is 29.9 Å². The maximum absolute atomic E-state index is 13.5. The van der Waals surface area contributed by atoms with Crippen molar-refractivity contribution < 1.29 is 27.2 Å². The number of aromatic amines is 1. The molecule has 1 aromatic heterocycles. The molecule has 1 aliphatic heterocycles. The first-order valence-electron chi connectivity index (χ1n) is 8.50. The van der Waals surface area contributed by atoms with E-state index in [1.54, 1.807) is 0 Å². The molecule has 0 bridgehead atoms. The van der Waals surface area contributed by atoms with Crippen LogP contribution in [-0.4, -0.2) is 46.2 Å². The van der Waals surface area contributed by atoms with Crippen LogP contribution in [0, 0.1) is 5.82 Å². The van der Waals surface area contributed by atoms with E-state index in [0.717, 1.165) is 12.1 Å². The number of carbonyl (C=O) groups excluding carboxylic acids is 2. The van der Waals surface area contributed by atoms with Crippen LogP contribution in [0.5, 0.6) is 0 Å². The number of H-pyrrole nitrogens is 1. The molecule has 3 N–H and O–H groups in total. The second-order valence-electron chi connectivity index (χ2n) is 6.42. The van der Waals surface area contributed by atoms with Crippen molar-refractivity contribution in [3.63, 3.8) is 0 Å². The third-order valence-corrected chi connectivity index (χ3v) is 4.79. The van der Waals surface area contributed by atoms with E-state index >= 15 is 0 Å². The van der Waals surface area contributed by atoms with Gasteiger partial charge < -0.3 is 15.5 Å². The number of carbonyl (C=O) groups is 2. The zero-order chi connectivity index (χ0) is 21.3. The van der Waals surface area contributed by atoms with Crippen LogP contribution in [0.3, 0.4) is 0 Å². The van der Waals surface area contributed by atoms with Crippen LogP contribution in [0.2, 0.25) is 5.02 Å². The second-order valence-corrected chi connectivity index (χ2v) is 6.83. The number of halogens is 5. The van der Waals surface area contributed by atoms with E-state index in [0.29, 0.717) is 0 Å². The number of piperazine rings is 1. The number of benzene rings is 1. The molecule has 0 spiro atoms. The number of amides is 3. The summed E-state index contributed by atoms with van der Waals surface area (Å²) >= 11 is 5.79. The number of alkyl halides is 3. The molecule has 0 saturated carbocycles. The molecule has 1 aliphatic rings. The Hall–Kier alpha value is -2.82. The molecule has 2 heterocycles. The minimum Gasteiger partial charge on any atom is -0.353 e. The molecule has 29 heavy (non-hydrogen) atoms. The van der Waals surface area contributed by atoms with E-state index in [1.165, 1.54) is 24.0 Å². The number of nitrogens with zero attached hydrogens (tertiary/aromatic N) is 2. The monoisotopic (exact) mass is 433 g/mol. The lowest BCUT2D eigenvalue weighted by molar-refractivity contribution is -0.141. The molecule has 1 aromatic carbocycles. The number of rotatable bonds is 3. The fourth-order valence-corrected chi connectivity index (χ4v) is 3.12. The van der Waals surface area contributed by atoms with Crippen molar-refractivity contribution in [2.24, 2.45) is 0 Å². The van der Waals surface area contributed by atoms with Crippen molar-refractivity contribution in [2.45, 2.75) is 25.2 Å². The Bertz CT molecular complexity index is 933. The largest absolute Gasteiger partial charge is 0.435 e. The van der Waals surface area contributed by atoms with Gasteiger partial charge in [0, 0.05) is 13.1 Å². The van der Waals surface area contributed by atoms with E-state index in [9.17, 15) is 27.2 Å². The van der Waals surface area contributed by atoms with E-state index < -0.39 is 35.8 Å². The van der Waals surface area contributed by atoms with Crippen molar-refractivity contribution in [2.75, 3.05) is 13.1 Å². The summed E-state index contributed by atoms with van der Waals surface area (Å²) in [5, 5.41) is 10.4. The average molecular weight is 434 g/mol. The summed E-state index contributed by atoms with van der Waals surface area (Å²) in [7, 11) is 0. The van der Waals surface area contributed by atoms with Gasteiger partial charge >= 0.3 is 12.2 Å². The molecule has 2 aromatic rings. The fraction of sp³-hybridized carbons (Fsp3) is 0.353. The van der Waals surface area contributed by atoms with Gasteiger partial charge in [-0.15, -0.1) is 0 Å². The molecule has 12 heteroatoms. The first-order valence-corrected chi connectivity index (χ1v) is 8.88. The average Bonchev–Trinajstić information content (AvgIpc) is 3.14. The van der Waals surface area contributed by atoms with Gasteiger partial charge in [0.15, 0.2) is 5.69 Å². The number of hydrogen-bond donors (Lipinski definition) is 3. The Morgan fingerprint density at radius 3 is 2.72 bits per heavy atom. The SMILES string of the molecule is C[C@@H]1C(=O)NCCN1C(=O)N[C@H](c1ccc(F)c(Cl)c1)c1cc(C(F)(F)F)n[nH]1. The molecule has 1 saturated heterocycles. The Morgan fingerprint density at radius 1 is 1.38 bits per heavy atom. The van der Waals surface area contributed by atoms with Crippen molar-refractivity contribution in [3.8, 4) is 0 Å². The third-order valence-electron chi connectivity index (χ3n) is 4.50. The molecule has 2 atom stereocenters. The maximum atomic E-state index is 13.5. The van der Waals surface area contributed by atoms with Gasteiger partial charge in [0.2, 0.25) is 5.91 Å². The van der Waals surface area contributed by atoms with Gasteiger partial charge in [-0.3, -0.25) is 9.89 Å². The van der Waals surface area contributed by atoms with Crippen LogP contribution in [0.25, 0.3) is 0 Å². The molecule has 7 nitrogen and oxygen atoms in total. The van der Waals surface area contributed by atoms with Gasteiger partial charge in [-0.2, -0.15) is 18.3 Å². The number of aromatic nitrogens is 2. The summed E-state index contributed by atoms with van der Waals surface area (Å²) in [6, 6.07) is 1.68. The first kappa shape index (κ1) is 20.9. The number of urea groups is 1. The summed E-state index contributed by atoms with van der Waals surface area (Å²) in [4.78, 5) is 25.8. The highest BCUT2D eigenvalue weighted by atomic mass is 35.5. The number of hydrogen-bond acceptors (Lipinski definition) is 3. The first-order chi connectivity index (χ1) is 13.6. The lowest BCUT2D eigenvalue weighted by atomic mass is 10.0. The van der Waals surface area contributed by atoms with Gasteiger partial charge in [-0.25, -0.2) is 9.18 Å². The van der Waals surface area contributed by atoms with E-state index in [4.69, 9.17) is 11.6 Å². The predicted octanol–water partition coefficient (Wildman–Crippen LogP) is 2.84. The molecule has 156 valence electrons. The molecule has 3 rings (SSSR count). The zero-order valence-corrected chi connectivity index (χ0v) is 15.7.